The maximum absolute atomic E-state index is 5.25. The second kappa shape index (κ2) is 14.5. The molecule has 0 bridgehead atoms. The van der Waals surface area contributed by atoms with E-state index in [1.54, 1.807) is 0 Å². The van der Waals surface area contributed by atoms with E-state index < -0.39 is 0 Å². The normalized spacial score (nSPS) is 11.8. The van der Waals surface area contributed by atoms with Gasteiger partial charge in [-0.05, 0) is 70.8 Å². The lowest BCUT2D eigenvalue weighted by atomic mass is 9.99. The first-order valence-electron chi connectivity index (χ1n) is 21.2. The average molecular weight is 838 g/mol. The van der Waals surface area contributed by atoms with Crippen LogP contribution in [-0.4, -0.2) is 14.5 Å². The van der Waals surface area contributed by atoms with E-state index in [2.05, 4.69) is 193 Å². The Bertz CT molecular complexity index is 3840. The summed E-state index contributed by atoms with van der Waals surface area (Å²) in [5.74, 6) is 0.720. The Morgan fingerprint density at radius 2 is 0.889 bits per heavy atom. The van der Waals surface area contributed by atoms with Gasteiger partial charge < -0.3 is 4.57 Å². The average Bonchev–Trinajstić information content (AvgIpc) is 4.04. The van der Waals surface area contributed by atoms with Crippen molar-refractivity contribution in [1.82, 2.24) is 14.5 Å². The zero-order valence-corrected chi connectivity index (χ0v) is 35.5. The minimum Gasteiger partial charge on any atom is -0.309 e. The van der Waals surface area contributed by atoms with Crippen molar-refractivity contribution in [2.75, 3.05) is 0 Å². The quantitative estimate of drug-likeness (QED) is 0.167. The molecule has 63 heavy (non-hydrogen) atoms. The van der Waals surface area contributed by atoms with Crippen molar-refractivity contribution < 1.29 is 0 Å². The molecule has 0 aliphatic rings. The first-order valence-corrected chi connectivity index (χ1v) is 22.9. The van der Waals surface area contributed by atoms with Crippen LogP contribution in [0.4, 0.5) is 0 Å². The molecular formula is C58H35N3S2. The lowest BCUT2D eigenvalue weighted by molar-refractivity contribution is 1.19. The van der Waals surface area contributed by atoms with Crippen LogP contribution in [0.2, 0.25) is 0 Å². The van der Waals surface area contributed by atoms with Crippen LogP contribution in [0.15, 0.2) is 212 Å². The maximum atomic E-state index is 5.25. The van der Waals surface area contributed by atoms with Gasteiger partial charge in [0.1, 0.15) is 0 Å². The van der Waals surface area contributed by atoms with Gasteiger partial charge in [0.2, 0.25) is 0 Å². The van der Waals surface area contributed by atoms with Gasteiger partial charge in [-0.2, -0.15) is 0 Å². The van der Waals surface area contributed by atoms with Crippen molar-refractivity contribution in [3.8, 4) is 61.8 Å². The molecule has 3 nitrogen and oxygen atoms in total. The molecule has 5 heteroatoms. The van der Waals surface area contributed by atoms with Crippen LogP contribution in [0.1, 0.15) is 0 Å². The Morgan fingerprint density at radius 1 is 0.333 bits per heavy atom. The van der Waals surface area contributed by atoms with Gasteiger partial charge in [-0.15, -0.1) is 22.7 Å². The predicted molar refractivity (Wildman–Crippen MR) is 269 cm³/mol. The van der Waals surface area contributed by atoms with Crippen LogP contribution in [0.25, 0.3) is 124 Å². The van der Waals surface area contributed by atoms with Gasteiger partial charge in [-0.25, -0.2) is 9.97 Å². The number of nitrogens with zero attached hydrogens (tertiary/aromatic N) is 3. The third kappa shape index (κ3) is 5.85. The number of aromatic nitrogens is 3. The van der Waals surface area contributed by atoms with E-state index in [0.29, 0.717) is 0 Å². The second-order valence-corrected chi connectivity index (χ2v) is 18.2. The van der Waals surface area contributed by atoms with Crippen LogP contribution in [0.5, 0.6) is 0 Å². The largest absolute Gasteiger partial charge is 0.309 e. The lowest BCUT2D eigenvalue weighted by Gasteiger charge is -2.11. The maximum Gasteiger partial charge on any atom is 0.160 e. The molecule has 0 atom stereocenters. The van der Waals surface area contributed by atoms with Gasteiger partial charge in [-0.1, -0.05) is 164 Å². The summed E-state index contributed by atoms with van der Waals surface area (Å²) in [5.41, 5.74) is 13.4. The summed E-state index contributed by atoms with van der Waals surface area (Å²) >= 11 is 3.72. The molecule has 0 amide bonds. The van der Waals surface area contributed by atoms with Crippen LogP contribution < -0.4 is 0 Å². The van der Waals surface area contributed by atoms with E-state index in [0.717, 1.165) is 33.9 Å². The standard InChI is InChI=1S/C58H35N3S2/c1-4-15-36(16-5-1)39-29-31-50-46(33-39)47-34-40(30-32-51(47)61(50)52-26-14-28-54-55(52)45-21-10-11-27-53(45)62-54)41-22-12-23-42-43-24-13-25-44(57(43)63-56(41)42)49-35-48(37-17-6-2-7-18-37)59-58(60-49)38-19-8-3-9-20-38/h1-35H. The fourth-order valence-corrected chi connectivity index (χ4v) is 12.0. The number of thiophene rings is 2. The minimum absolute atomic E-state index is 0.720. The molecule has 0 spiro atoms. The molecule has 4 aromatic heterocycles. The van der Waals surface area contributed by atoms with Crippen molar-refractivity contribution in [3.05, 3.63) is 212 Å². The predicted octanol–water partition coefficient (Wildman–Crippen LogP) is 16.6. The fraction of sp³-hybridized carbons (Fsp3) is 0. The zero-order valence-electron chi connectivity index (χ0n) is 33.9. The summed E-state index contributed by atoms with van der Waals surface area (Å²) in [7, 11) is 0. The molecule has 0 N–H and O–H groups in total. The topological polar surface area (TPSA) is 30.7 Å². The highest BCUT2D eigenvalue weighted by Crippen LogP contribution is 2.46. The van der Waals surface area contributed by atoms with Crippen molar-refractivity contribution in [1.29, 1.82) is 0 Å². The third-order valence-corrected chi connectivity index (χ3v) is 14.9. The van der Waals surface area contributed by atoms with Gasteiger partial charge in [-0.3, -0.25) is 0 Å². The SMILES string of the molecule is c1ccc(-c2ccc3c(c2)c2cc(-c4cccc5c4sc4c(-c6cc(-c7ccccc7)nc(-c7ccccc7)n6)cccc45)ccc2n3-c2cccc3sc4ccccc4c23)cc1. The number of hydrogen-bond acceptors (Lipinski definition) is 4. The first-order chi connectivity index (χ1) is 31.2. The van der Waals surface area contributed by atoms with Gasteiger partial charge in [0.15, 0.2) is 5.82 Å². The summed E-state index contributed by atoms with van der Waals surface area (Å²) < 4.78 is 7.58. The van der Waals surface area contributed by atoms with E-state index in [9.17, 15) is 0 Å². The van der Waals surface area contributed by atoms with E-state index in [-0.39, 0.29) is 0 Å². The van der Waals surface area contributed by atoms with E-state index in [4.69, 9.17) is 9.97 Å². The molecule has 0 fully saturated rings. The fourth-order valence-electron chi connectivity index (χ4n) is 9.51. The summed E-state index contributed by atoms with van der Waals surface area (Å²) in [6.07, 6.45) is 0. The molecule has 0 saturated heterocycles. The Labute approximate surface area is 371 Å². The third-order valence-electron chi connectivity index (χ3n) is 12.4. The molecular weight excluding hydrogens is 803 g/mol. The molecule has 294 valence electrons. The number of benzene rings is 9. The molecule has 0 aliphatic heterocycles. The molecule has 9 aromatic carbocycles. The van der Waals surface area contributed by atoms with Crippen molar-refractivity contribution in [2.24, 2.45) is 0 Å². The van der Waals surface area contributed by atoms with Gasteiger partial charge in [0, 0.05) is 67.8 Å². The molecule has 0 saturated carbocycles. The summed E-state index contributed by atoms with van der Waals surface area (Å²) in [6, 6.07) is 76.6. The van der Waals surface area contributed by atoms with Crippen molar-refractivity contribution in [2.45, 2.75) is 0 Å². The molecule has 0 unspecified atom stereocenters. The zero-order chi connectivity index (χ0) is 41.4. The van der Waals surface area contributed by atoms with Crippen LogP contribution >= 0.6 is 22.7 Å². The Hall–Kier alpha value is -7.70. The molecule has 13 rings (SSSR count). The summed E-state index contributed by atoms with van der Waals surface area (Å²) in [5, 5.41) is 7.55. The van der Waals surface area contributed by atoms with Crippen molar-refractivity contribution in [3.63, 3.8) is 0 Å². The van der Waals surface area contributed by atoms with Crippen LogP contribution in [0.3, 0.4) is 0 Å². The number of rotatable bonds is 6. The molecule has 13 aromatic rings. The van der Waals surface area contributed by atoms with Gasteiger partial charge in [0.25, 0.3) is 0 Å². The van der Waals surface area contributed by atoms with Crippen LogP contribution in [0, 0.1) is 0 Å². The highest BCUT2D eigenvalue weighted by Gasteiger charge is 2.21. The Kier molecular flexibility index (Phi) is 8.26. The second-order valence-electron chi connectivity index (χ2n) is 16.1. The number of fused-ring (bicyclic) bond motifs is 9. The summed E-state index contributed by atoms with van der Waals surface area (Å²) in [6.45, 7) is 0. The Balaban J connectivity index is 1.02. The Morgan fingerprint density at radius 3 is 1.63 bits per heavy atom. The van der Waals surface area contributed by atoms with Gasteiger partial charge in [0.05, 0.1) is 28.1 Å². The van der Waals surface area contributed by atoms with Gasteiger partial charge >= 0.3 is 0 Å². The van der Waals surface area contributed by atoms with E-state index >= 15 is 0 Å². The monoisotopic (exact) mass is 837 g/mol. The first kappa shape index (κ1) is 36.0. The minimum atomic E-state index is 0.720. The molecule has 0 radical (unpaired) electrons. The van der Waals surface area contributed by atoms with E-state index in [1.165, 1.54) is 90.1 Å². The highest BCUT2D eigenvalue weighted by molar-refractivity contribution is 7.27. The molecule has 4 heterocycles. The lowest BCUT2D eigenvalue weighted by Crippen LogP contribution is -1.95. The van der Waals surface area contributed by atoms with Crippen LogP contribution in [-0.2, 0) is 0 Å². The number of hydrogen-bond donors (Lipinski definition) is 0. The molecule has 0 aliphatic carbocycles. The smallest absolute Gasteiger partial charge is 0.160 e. The van der Waals surface area contributed by atoms with E-state index in [1.807, 2.05) is 46.9 Å². The highest BCUT2D eigenvalue weighted by atomic mass is 32.1. The van der Waals surface area contributed by atoms with Crippen molar-refractivity contribution >= 4 is 84.8 Å². The summed E-state index contributed by atoms with van der Waals surface area (Å²) in [4.78, 5) is 10.3.